The number of allylic oxidation sites excluding steroid dienone is 2. The number of carbonyl (C=O) groups excluding carboxylic acids is 9. The maximum absolute atomic E-state index is 12.9. The average Bonchev–Trinajstić information content (AvgIpc) is 4.10. The first-order valence-electron chi connectivity index (χ1n) is 25.3. The topological polar surface area (TPSA) is 211 Å². The largest absolute Gasteiger partial charge is 0.509 e. The van der Waals surface area contributed by atoms with Crippen LogP contribution in [-0.4, -0.2) is 79.2 Å². The SMILES string of the molecule is C=CC(=O)OC.CC(=O)OC1=C(O)CCC2(C1)Cc1ccc(Br)cc1C2=O.COC(=O)CCC1(CCC(=O)OC)Cc2ccc(Br)cc2C1=O.O=C1CCC2(CC1)Cc1ccc(Br)cc1C2=O.O=C1CCc2ccc(Br)cc21. The molecule has 6 aliphatic rings. The number of carbonyl (C=O) groups is 9. The van der Waals surface area contributed by atoms with Gasteiger partial charge in [0.1, 0.15) is 17.3 Å². The number of aliphatic hydroxyl groups is 1. The third-order valence-electron chi connectivity index (χ3n) is 15.1. The van der Waals surface area contributed by atoms with Gasteiger partial charge >= 0.3 is 23.9 Å². The molecule has 1 atom stereocenters. The molecule has 1 N–H and O–H groups in total. The van der Waals surface area contributed by atoms with E-state index in [9.17, 15) is 48.3 Å². The number of aryl methyl sites for hydroxylation is 1. The van der Waals surface area contributed by atoms with E-state index < -0.39 is 22.8 Å². The minimum Gasteiger partial charge on any atom is -0.509 e. The molecule has 6 aliphatic carbocycles. The molecule has 4 aromatic rings. The quantitative estimate of drug-likeness (QED) is 0.0988. The highest BCUT2D eigenvalue weighted by Gasteiger charge is 2.50. The summed E-state index contributed by atoms with van der Waals surface area (Å²) in [6.45, 7) is 4.45. The molecular weight excluding hydrogens is 1260 g/mol. The van der Waals surface area contributed by atoms with Crippen LogP contribution in [0.15, 0.2) is 115 Å². The molecule has 1 fully saturated rings. The van der Waals surface area contributed by atoms with E-state index >= 15 is 0 Å². The number of ketones is 5. The van der Waals surface area contributed by atoms with Crippen LogP contribution in [0.4, 0.5) is 0 Å². The molecule has 0 bridgehead atoms. The van der Waals surface area contributed by atoms with Gasteiger partial charge in [0.05, 0.1) is 21.3 Å². The second kappa shape index (κ2) is 27.0. The predicted octanol–water partition coefficient (Wildman–Crippen LogP) is 13.0. The Morgan fingerprint density at radius 2 is 0.987 bits per heavy atom. The fourth-order valence-electron chi connectivity index (χ4n) is 10.9. The first kappa shape index (κ1) is 61.5. The van der Waals surface area contributed by atoms with Crippen LogP contribution in [0.5, 0.6) is 0 Å². The molecule has 0 aliphatic heterocycles. The fourth-order valence-corrected chi connectivity index (χ4v) is 12.3. The number of esters is 4. The molecule has 18 heteroatoms. The van der Waals surface area contributed by atoms with Crippen LogP contribution in [-0.2, 0) is 68.6 Å². The first-order chi connectivity index (χ1) is 37.0. The molecule has 4 aromatic carbocycles. The van der Waals surface area contributed by atoms with E-state index in [-0.39, 0.29) is 71.3 Å². The van der Waals surface area contributed by atoms with Crippen molar-refractivity contribution >= 4 is 117 Å². The number of hydrogen-bond acceptors (Lipinski definition) is 14. The zero-order valence-electron chi connectivity index (χ0n) is 43.8. The lowest BCUT2D eigenvalue weighted by atomic mass is 9.71. The van der Waals surface area contributed by atoms with Crippen LogP contribution in [0.25, 0.3) is 0 Å². The van der Waals surface area contributed by atoms with Crippen LogP contribution in [0.2, 0.25) is 0 Å². The van der Waals surface area contributed by atoms with Gasteiger partial charge in [0, 0.05) is 114 Å². The van der Waals surface area contributed by atoms with Gasteiger partial charge in [0.2, 0.25) is 0 Å². The van der Waals surface area contributed by atoms with Crippen LogP contribution < -0.4 is 0 Å². The standard InChI is InChI=1S/C17H19BrO5.C16H15BrO4.C14H13BrO2.C9H7BrO.C4H6O2/c1-22-14(19)5-7-17(8-6-15(20)23-2)10-11-3-4-12(18)9-13(11)16(17)21;1-9(18)21-14-8-16(5-4-13(14)19)7-10-2-3-11(17)6-12(10)15(16)20;15-10-2-1-9-8-14(13(17)12(9)7-10)5-3-11(16)4-6-14;10-7-3-1-6-2-4-9(11)8(6)5-7;1-3-4(5)6-2/h3-4,9H,5-8,10H2,1-2H3;2-3,6,19H,4-5,7-8H2,1H3;1-2,7H,3-6,8H2;1,3,5H,2,4H2;3H,1H2,2H3. The summed E-state index contributed by atoms with van der Waals surface area (Å²) in [5.74, 6) is -0.343. The number of aliphatic hydroxyl groups excluding tert-OH is 1. The van der Waals surface area contributed by atoms with Gasteiger partial charge in [0.15, 0.2) is 23.1 Å². The maximum atomic E-state index is 12.9. The van der Waals surface area contributed by atoms with Crippen LogP contribution >= 0.6 is 63.7 Å². The minimum absolute atomic E-state index is 0.0124. The number of halogens is 4. The molecule has 0 amide bonds. The normalized spacial score (nSPS) is 18.5. The van der Waals surface area contributed by atoms with E-state index in [2.05, 4.69) is 84.5 Å². The molecule has 10 rings (SSSR count). The Kier molecular flexibility index (Phi) is 21.3. The molecule has 0 heterocycles. The highest BCUT2D eigenvalue weighted by molar-refractivity contribution is 9.11. The molecule has 14 nitrogen and oxygen atoms in total. The van der Waals surface area contributed by atoms with E-state index in [1.165, 1.54) is 33.8 Å². The minimum atomic E-state index is -0.745. The summed E-state index contributed by atoms with van der Waals surface area (Å²) in [7, 11) is 3.96. The second-order valence-corrected chi connectivity index (χ2v) is 23.7. The average molecular weight is 1320 g/mol. The lowest BCUT2D eigenvalue weighted by Crippen LogP contribution is -2.33. The fraction of sp³-hybridized carbons (Fsp3) is 0.383. The lowest BCUT2D eigenvalue weighted by molar-refractivity contribution is -0.141. The molecule has 412 valence electrons. The van der Waals surface area contributed by atoms with Crippen LogP contribution in [0.1, 0.15) is 148 Å². The smallest absolute Gasteiger partial charge is 0.329 e. The number of Topliss-reactive ketones (excluding diaryl/α,β-unsaturated/α-hetero) is 5. The molecule has 0 saturated heterocycles. The third-order valence-corrected chi connectivity index (χ3v) is 17.1. The van der Waals surface area contributed by atoms with Gasteiger partial charge < -0.3 is 24.1 Å². The Morgan fingerprint density at radius 3 is 1.45 bits per heavy atom. The van der Waals surface area contributed by atoms with E-state index in [0.29, 0.717) is 69.1 Å². The van der Waals surface area contributed by atoms with Crippen molar-refractivity contribution in [2.24, 2.45) is 16.2 Å². The zero-order chi connectivity index (χ0) is 57.1. The number of hydrogen-bond donors (Lipinski definition) is 1. The molecule has 1 unspecified atom stereocenters. The predicted molar refractivity (Wildman–Crippen MR) is 304 cm³/mol. The summed E-state index contributed by atoms with van der Waals surface area (Å²) < 4.78 is 22.3. The summed E-state index contributed by atoms with van der Waals surface area (Å²) in [6.07, 6.45) is 9.56. The van der Waals surface area contributed by atoms with E-state index in [4.69, 9.17) is 4.74 Å². The highest BCUT2D eigenvalue weighted by Crippen LogP contribution is 2.50. The van der Waals surface area contributed by atoms with E-state index in [1.807, 2.05) is 66.7 Å². The zero-order valence-corrected chi connectivity index (χ0v) is 50.1. The van der Waals surface area contributed by atoms with Gasteiger partial charge in [-0.05, 0) is 129 Å². The highest BCUT2D eigenvalue weighted by atomic mass is 79.9. The van der Waals surface area contributed by atoms with Gasteiger partial charge in [-0.3, -0.25) is 38.4 Å². The summed E-state index contributed by atoms with van der Waals surface area (Å²) in [6, 6.07) is 23.2. The Balaban J connectivity index is 0.000000166. The van der Waals surface area contributed by atoms with E-state index in [1.54, 1.807) is 6.07 Å². The Labute approximate surface area is 487 Å². The van der Waals surface area contributed by atoms with Crippen molar-refractivity contribution in [3.63, 3.8) is 0 Å². The Bertz CT molecular complexity index is 3070. The Morgan fingerprint density at radius 1 is 0.551 bits per heavy atom. The molecule has 0 radical (unpaired) electrons. The number of ether oxygens (including phenoxy) is 4. The second-order valence-electron chi connectivity index (χ2n) is 20.0. The first-order valence-corrected chi connectivity index (χ1v) is 28.5. The molecule has 78 heavy (non-hydrogen) atoms. The summed E-state index contributed by atoms with van der Waals surface area (Å²) in [5, 5.41) is 9.89. The number of methoxy groups -OCH3 is 3. The third kappa shape index (κ3) is 14.8. The van der Waals surface area contributed by atoms with Crippen molar-refractivity contribution in [1.82, 2.24) is 0 Å². The lowest BCUT2D eigenvalue weighted by Gasteiger charge is -2.32. The van der Waals surface area contributed by atoms with Crippen molar-refractivity contribution < 1.29 is 67.2 Å². The molecule has 2 spiro atoms. The summed E-state index contributed by atoms with van der Waals surface area (Å²) >= 11 is 13.5. The van der Waals surface area contributed by atoms with Crippen molar-refractivity contribution in [2.45, 2.75) is 110 Å². The van der Waals surface area contributed by atoms with Crippen LogP contribution in [0.3, 0.4) is 0 Å². The number of rotatable bonds is 8. The van der Waals surface area contributed by atoms with E-state index in [0.717, 1.165) is 83.0 Å². The maximum Gasteiger partial charge on any atom is 0.329 e. The summed E-state index contributed by atoms with van der Waals surface area (Å²) in [4.78, 5) is 105. The van der Waals surface area contributed by atoms with Crippen molar-refractivity contribution in [2.75, 3.05) is 21.3 Å². The van der Waals surface area contributed by atoms with Crippen molar-refractivity contribution in [3.8, 4) is 0 Å². The van der Waals surface area contributed by atoms with Gasteiger partial charge in [-0.1, -0.05) is 94.6 Å². The monoisotopic (exact) mass is 1320 g/mol. The molecule has 0 aromatic heterocycles. The summed E-state index contributed by atoms with van der Waals surface area (Å²) in [5.41, 5.74) is 5.86. The van der Waals surface area contributed by atoms with Gasteiger partial charge in [0.25, 0.3) is 0 Å². The van der Waals surface area contributed by atoms with Crippen molar-refractivity contribution in [1.29, 1.82) is 0 Å². The van der Waals surface area contributed by atoms with Gasteiger partial charge in [-0.15, -0.1) is 0 Å². The molecular formula is C60H60Br4O14. The Hall–Kier alpha value is -5.69. The van der Waals surface area contributed by atoms with Gasteiger partial charge in [-0.25, -0.2) is 4.79 Å². The van der Waals surface area contributed by atoms with Gasteiger partial charge in [-0.2, -0.15) is 0 Å². The number of fused-ring (bicyclic) bond motifs is 4. The van der Waals surface area contributed by atoms with Crippen LogP contribution in [0, 0.1) is 16.2 Å². The number of benzene rings is 4. The van der Waals surface area contributed by atoms with Crippen molar-refractivity contribution in [3.05, 3.63) is 159 Å². The molecule has 1 saturated carbocycles.